The number of aromatic nitrogens is 2. The molecule has 0 saturated carbocycles. The number of carbonyl (C=O) groups is 1. The Morgan fingerprint density at radius 1 is 1.11 bits per heavy atom. The normalized spacial score (nSPS) is 11.1. The van der Waals surface area contributed by atoms with Crippen molar-refractivity contribution in [3.05, 3.63) is 66.0 Å². The summed E-state index contributed by atoms with van der Waals surface area (Å²) in [6.07, 6.45) is 1.04. The molecule has 0 bridgehead atoms. The van der Waals surface area contributed by atoms with E-state index in [1.807, 2.05) is 37.3 Å². The van der Waals surface area contributed by atoms with E-state index in [1.54, 1.807) is 22.9 Å². The highest BCUT2D eigenvalue weighted by molar-refractivity contribution is 7.92. The Morgan fingerprint density at radius 2 is 1.82 bits per heavy atom. The van der Waals surface area contributed by atoms with E-state index < -0.39 is 15.9 Å². The molecule has 8 nitrogen and oxygen atoms in total. The van der Waals surface area contributed by atoms with Gasteiger partial charge in [0.2, 0.25) is 10.0 Å². The topological polar surface area (TPSA) is 102 Å². The van der Waals surface area contributed by atoms with Crippen LogP contribution >= 0.6 is 0 Å². The molecular formula is C19H20N4O4S. The van der Waals surface area contributed by atoms with Crippen LogP contribution in [0.3, 0.4) is 0 Å². The average Bonchev–Trinajstić information content (AvgIpc) is 3.03. The number of ether oxygens (including phenoxy) is 1. The molecule has 0 saturated heterocycles. The van der Waals surface area contributed by atoms with Gasteiger partial charge in [0.15, 0.2) is 5.69 Å². The molecule has 0 radical (unpaired) electrons. The van der Waals surface area contributed by atoms with E-state index in [4.69, 9.17) is 4.74 Å². The summed E-state index contributed by atoms with van der Waals surface area (Å²) in [5, 5.41) is 7.08. The Kier molecular flexibility index (Phi) is 5.36. The Balaban J connectivity index is 1.85. The van der Waals surface area contributed by atoms with Gasteiger partial charge in [-0.1, -0.05) is 18.2 Å². The van der Waals surface area contributed by atoms with Gasteiger partial charge in [0.1, 0.15) is 5.75 Å². The highest BCUT2D eigenvalue weighted by Gasteiger charge is 2.15. The summed E-state index contributed by atoms with van der Waals surface area (Å²) in [6, 6.07) is 15.8. The molecule has 1 amide bonds. The lowest BCUT2D eigenvalue weighted by Crippen LogP contribution is -2.14. The summed E-state index contributed by atoms with van der Waals surface area (Å²) >= 11 is 0. The van der Waals surface area contributed by atoms with Crippen LogP contribution in [0.25, 0.3) is 5.69 Å². The first-order valence-corrected chi connectivity index (χ1v) is 10.3. The second kappa shape index (κ2) is 7.73. The number of para-hydroxylation sites is 1. The largest absolute Gasteiger partial charge is 0.495 e. The highest BCUT2D eigenvalue weighted by Crippen LogP contribution is 2.28. The first-order valence-electron chi connectivity index (χ1n) is 8.36. The number of methoxy groups -OCH3 is 1. The van der Waals surface area contributed by atoms with Gasteiger partial charge in [0.05, 0.1) is 24.7 Å². The minimum absolute atomic E-state index is 0.230. The Morgan fingerprint density at radius 3 is 2.46 bits per heavy atom. The minimum atomic E-state index is -3.50. The van der Waals surface area contributed by atoms with Gasteiger partial charge in [-0.25, -0.2) is 13.1 Å². The number of hydrogen-bond acceptors (Lipinski definition) is 5. The van der Waals surface area contributed by atoms with E-state index in [0.29, 0.717) is 11.4 Å². The number of hydrogen-bond donors (Lipinski definition) is 2. The molecule has 3 rings (SSSR count). The fourth-order valence-electron chi connectivity index (χ4n) is 2.68. The number of nitrogens with one attached hydrogen (secondary N) is 2. The van der Waals surface area contributed by atoms with Gasteiger partial charge in [-0.2, -0.15) is 5.10 Å². The molecule has 1 aromatic heterocycles. The van der Waals surface area contributed by atoms with Crippen molar-refractivity contribution in [2.24, 2.45) is 0 Å². The van der Waals surface area contributed by atoms with Crippen molar-refractivity contribution in [1.82, 2.24) is 9.78 Å². The molecule has 146 valence electrons. The number of anilines is 2. The van der Waals surface area contributed by atoms with Crippen molar-refractivity contribution >= 4 is 27.3 Å². The molecule has 28 heavy (non-hydrogen) atoms. The Hall–Kier alpha value is -3.33. The summed E-state index contributed by atoms with van der Waals surface area (Å²) in [5.74, 6) is -0.0686. The van der Waals surface area contributed by atoms with Crippen molar-refractivity contribution in [2.75, 3.05) is 23.4 Å². The Bertz CT molecular complexity index is 1110. The van der Waals surface area contributed by atoms with Crippen molar-refractivity contribution in [3.63, 3.8) is 0 Å². The third-order valence-electron chi connectivity index (χ3n) is 3.87. The maximum atomic E-state index is 12.6. The summed E-state index contributed by atoms with van der Waals surface area (Å²) < 4.78 is 32.3. The second-order valence-corrected chi connectivity index (χ2v) is 7.91. The molecule has 2 aromatic carbocycles. The maximum Gasteiger partial charge on any atom is 0.276 e. The number of aryl methyl sites for hydroxylation is 1. The summed E-state index contributed by atoms with van der Waals surface area (Å²) in [6.45, 7) is 1.86. The quantitative estimate of drug-likeness (QED) is 0.662. The number of nitrogens with zero attached hydrogens (tertiary/aromatic N) is 2. The molecule has 2 N–H and O–H groups in total. The fraction of sp³-hybridized carbons (Fsp3) is 0.158. The molecule has 0 spiro atoms. The van der Waals surface area contributed by atoms with Gasteiger partial charge >= 0.3 is 0 Å². The number of sulfonamides is 1. The van der Waals surface area contributed by atoms with E-state index in [0.717, 1.165) is 17.6 Å². The smallest absolute Gasteiger partial charge is 0.276 e. The van der Waals surface area contributed by atoms with Crippen LogP contribution in [-0.4, -0.2) is 37.5 Å². The molecule has 3 aromatic rings. The lowest BCUT2D eigenvalue weighted by molar-refractivity contribution is 0.102. The highest BCUT2D eigenvalue weighted by atomic mass is 32.2. The molecule has 1 heterocycles. The zero-order valence-corrected chi connectivity index (χ0v) is 16.4. The number of benzene rings is 2. The monoisotopic (exact) mass is 400 g/mol. The van der Waals surface area contributed by atoms with Gasteiger partial charge in [-0.15, -0.1) is 0 Å². The van der Waals surface area contributed by atoms with Gasteiger partial charge in [0, 0.05) is 11.4 Å². The lowest BCUT2D eigenvalue weighted by Gasteiger charge is -2.12. The molecule has 0 aliphatic rings. The second-order valence-electron chi connectivity index (χ2n) is 6.16. The van der Waals surface area contributed by atoms with Crippen LogP contribution in [0.4, 0.5) is 11.4 Å². The van der Waals surface area contributed by atoms with Crippen LogP contribution in [-0.2, 0) is 10.0 Å². The van der Waals surface area contributed by atoms with Crippen LogP contribution in [0.5, 0.6) is 5.75 Å². The van der Waals surface area contributed by atoms with Crippen LogP contribution in [0.2, 0.25) is 0 Å². The summed E-state index contributed by atoms with van der Waals surface area (Å²) in [5.41, 5.74) is 2.54. The fourth-order valence-corrected chi connectivity index (χ4v) is 3.24. The lowest BCUT2D eigenvalue weighted by atomic mass is 10.2. The predicted molar refractivity (Wildman–Crippen MR) is 108 cm³/mol. The molecule has 0 fully saturated rings. The maximum absolute atomic E-state index is 12.6. The molecule has 9 heteroatoms. The van der Waals surface area contributed by atoms with Gasteiger partial charge in [0.25, 0.3) is 5.91 Å². The van der Waals surface area contributed by atoms with E-state index >= 15 is 0 Å². The van der Waals surface area contributed by atoms with Crippen molar-refractivity contribution in [3.8, 4) is 11.4 Å². The van der Waals surface area contributed by atoms with Crippen molar-refractivity contribution < 1.29 is 17.9 Å². The van der Waals surface area contributed by atoms with Gasteiger partial charge in [-0.05, 0) is 43.3 Å². The molecule has 0 unspecified atom stereocenters. The van der Waals surface area contributed by atoms with E-state index in [1.165, 1.54) is 13.2 Å². The van der Waals surface area contributed by atoms with Crippen molar-refractivity contribution in [1.29, 1.82) is 0 Å². The van der Waals surface area contributed by atoms with Crippen LogP contribution in [0.15, 0.2) is 54.6 Å². The van der Waals surface area contributed by atoms with Crippen LogP contribution in [0.1, 0.15) is 16.2 Å². The first-order chi connectivity index (χ1) is 13.3. The van der Waals surface area contributed by atoms with Gasteiger partial charge in [-0.3, -0.25) is 9.52 Å². The van der Waals surface area contributed by atoms with E-state index in [9.17, 15) is 13.2 Å². The third-order valence-corrected chi connectivity index (χ3v) is 4.46. The summed E-state index contributed by atoms with van der Waals surface area (Å²) in [7, 11) is -2.07. The van der Waals surface area contributed by atoms with Crippen molar-refractivity contribution in [2.45, 2.75) is 6.92 Å². The zero-order chi connectivity index (χ0) is 20.3. The first kappa shape index (κ1) is 19.4. The van der Waals surface area contributed by atoms with Crippen LogP contribution < -0.4 is 14.8 Å². The standard InChI is InChI=1S/C19H20N4O4S/c1-13-11-17(21-23(13)15-7-5-4-6-8-15)19(24)20-14-9-10-18(27-2)16(12-14)22-28(3,25)26/h4-12,22H,1-3H3,(H,20,24). The summed E-state index contributed by atoms with van der Waals surface area (Å²) in [4.78, 5) is 12.6. The van der Waals surface area contributed by atoms with E-state index in [-0.39, 0.29) is 11.4 Å². The Labute approximate surface area is 163 Å². The third kappa shape index (κ3) is 4.49. The average molecular weight is 400 g/mol. The molecule has 0 atom stereocenters. The molecule has 0 aliphatic heterocycles. The number of carbonyl (C=O) groups excluding carboxylic acids is 1. The zero-order valence-electron chi connectivity index (χ0n) is 15.6. The SMILES string of the molecule is COc1ccc(NC(=O)c2cc(C)n(-c3ccccc3)n2)cc1NS(C)(=O)=O. The number of amides is 1. The minimum Gasteiger partial charge on any atom is -0.495 e. The predicted octanol–water partition coefficient (Wildman–Crippen LogP) is 2.81. The van der Waals surface area contributed by atoms with Crippen LogP contribution in [0, 0.1) is 6.92 Å². The van der Waals surface area contributed by atoms with E-state index in [2.05, 4.69) is 15.1 Å². The van der Waals surface area contributed by atoms with Gasteiger partial charge < -0.3 is 10.1 Å². The molecular weight excluding hydrogens is 380 g/mol. The molecule has 0 aliphatic carbocycles. The number of rotatable bonds is 6.